The van der Waals surface area contributed by atoms with E-state index >= 15 is 0 Å². The number of nitrogens with one attached hydrogen (secondary N) is 1. The maximum absolute atomic E-state index is 12.5. The molecule has 1 atom stereocenters. The van der Waals surface area contributed by atoms with Crippen molar-refractivity contribution in [2.45, 2.75) is 6.04 Å². The van der Waals surface area contributed by atoms with E-state index in [0.717, 1.165) is 5.56 Å². The van der Waals surface area contributed by atoms with Gasteiger partial charge >= 0.3 is 0 Å². The lowest BCUT2D eigenvalue weighted by atomic mass is 10.1. The van der Waals surface area contributed by atoms with Crippen molar-refractivity contribution < 1.29 is 4.79 Å². The molecule has 0 fully saturated rings. The summed E-state index contributed by atoms with van der Waals surface area (Å²) in [6.45, 7) is 0.313. The fraction of sp³-hybridized carbons (Fsp3) is 0.100. The number of hydrogen-bond acceptors (Lipinski definition) is 3. The Morgan fingerprint density at radius 3 is 2.28 bits per heavy atom. The summed E-state index contributed by atoms with van der Waals surface area (Å²) in [6.07, 6.45) is 1.69. The molecule has 0 aliphatic heterocycles. The van der Waals surface area contributed by atoms with Gasteiger partial charge in [0, 0.05) is 30.1 Å². The Labute approximate surface area is 145 Å². The third-order valence-electron chi connectivity index (χ3n) is 3.97. The Bertz CT molecular complexity index is 902. The number of hydrogen-bond donors (Lipinski definition) is 2. The molecule has 0 aliphatic rings. The van der Waals surface area contributed by atoms with Crippen LogP contribution in [-0.4, -0.2) is 17.0 Å². The Morgan fingerprint density at radius 2 is 1.64 bits per heavy atom. The van der Waals surface area contributed by atoms with Crippen LogP contribution in [0.4, 0.5) is 0 Å². The Morgan fingerprint density at radius 1 is 0.960 bits per heavy atom. The molecule has 1 unspecified atom stereocenters. The maximum atomic E-state index is 12.5. The Hall–Kier alpha value is -3.18. The van der Waals surface area contributed by atoms with Crippen LogP contribution in [0, 0.1) is 0 Å². The first-order chi connectivity index (χ1) is 12.2. The smallest absolute Gasteiger partial charge is 0.255 e. The van der Waals surface area contributed by atoms with Gasteiger partial charge in [0.2, 0.25) is 0 Å². The van der Waals surface area contributed by atoms with Gasteiger partial charge in [-0.3, -0.25) is 14.2 Å². The highest BCUT2D eigenvalue weighted by molar-refractivity contribution is 5.94. The molecule has 0 saturated carbocycles. The zero-order chi connectivity index (χ0) is 17.6. The predicted octanol–water partition coefficient (Wildman–Crippen LogP) is 2.27. The molecule has 1 heterocycles. The normalized spacial score (nSPS) is 11.7. The topological polar surface area (TPSA) is 77.1 Å². The van der Waals surface area contributed by atoms with Crippen LogP contribution in [0.5, 0.6) is 0 Å². The third-order valence-corrected chi connectivity index (χ3v) is 3.97. The fourth-order valence-electron chi connectivity index (χ4n) is 2.62. The molecular weight excluding hydrogens is 314 g/mol. The van der Waals surface area contributed by atoms with Gasteiger partial charge in [0.15, 0.2) is 0 Å². The van der Waals surface area contributed by atoms with E-state index in [-0.39, 0.29) is 17.5 Å². The van der Waals surface area contributed by atoms with Gasteiger partial charge in [-0.05, 0) is 35.9 Å². The molecule has 5 heteroatoms. The van der Waals surface area contributed by atoms with Crippen LogP contribution in [0.2, 0.25) is 0 Å². The summed E-state index contributed by atoms with van der Waals surface area (Å²) in [7, 11) is 0. The molecule has 3 aromatic rings. The van der Waals surface area contributed by atoms with E-state index in [4.69, 9.17) is 5.73 Å². The molecule has 126 valence electrons. The van der Waals surface area contributed by atoms with Crippen molar-refractivity contribution in [3.63, 3.8) is 0 Å². The molecule has 0 bridgehead atoms. The minimum atomic E-state index is -0.245. The number of aromatic nitrogens is 1. The van der Waals surface area contributed by atoms with Gasteiger partial charge in [-0.2, -0.15) is 0 Å². The third kappa shape index (κ3) is 3.84. The lowest BCUT2D eigenvalue weighted by Gasteiger charge is -2.17. The Balaban J connectivity index is 1.77. The van der Waals surface area contributed by atoms with Gasteiger partial charge in [0.1, 0.15) is 0 Å². The van der Waals surface area contributed by atoms with Gasteiger partial charge in [-0.15, -0.1) is 0 Å². The van der Waals surface area contributed by atoms with E-state index in [2.05, 4.69) is 5.32 Å². The van der Waals surface area contributed by atoms with Crippen molar-refractivity contribution in [3.05, 3.63) is 100 Å². The SMILES string of the molecule is NCC(NC(=O)c1ccc(-n2ccccc2=O)cc1)c1ccccc1. The van der Waals surface area contributed by atoms with Crippen molar-refractivity contribution >= 4 is 5.91 Å². The summed E-state index contributed by atoms with van der Waals surface area (Å²) in [6, 6.07) is 21.2. The summed E-state index contributed by atoms with van der Waals surface area (Å²) in [5.41, 5.74) is 7.87. The first-order valence-corrected chi connectivity index (χ1v) is 8.03. The van der Waals surface area contributed by atoms with Gasteiger partial charge < -0.3 is 11.1 Å². The van der Waals surface area contributed by atoms with Crippen LogP contribution in [0.1, 0.15) is 22.0 Å². The molecule has 5 nitrogen and oxygen atoms in total. The lowest BCUT2D eigenvalue weighted by Crippen LogP contribution is -2.33. The van der Waals surface area contributed by atoms with Crippen LogP contribution in [0.3, 0.4) is 0 Å². The number of amides is 1. The number of nitrogens with two attached hydrogens (primary N) is 1. The highest BCUT2D eigenvalue weighted by Crippen LogP contribution is 2.13. The number of carbonyl (C=O) groups excluding carboxylic acids is 1. The summed E-state index contributed by atoms with van der Waals surface area (Å²) < 4.78 is 1.52. The molecule has 0 saturated heterocycles. The number of nitrogens with zero attached hydrogens (tertiary/aromatic N) is 1. The zero-order valence-electron chi connectivity index (χ0n) is 13.6. The fourth-order valence-corrected chi connectivity index (χ4v) is 2.62. The standard InChI is InChI=1S/C20H19N3O2/c21-14-18(15-6-2-1-3-7-15)22-20(25)16-9-11-17(12-10-16)23-13-5-4-8-19(23)24/h1-13,18H,14,21H2,(H,22,25). The minimum absolute atomic E-state index is 0.119. The number of pyridine rings is 1. The summed E-state index contributed by atoms with van der Waals surface area (Å²) in [5.74, 6) is -0.203. The summed E-state index contributed by atoms with van der Waals surface area (Å²) >= 11 is 0. The molecule has 3 N–H and O–H groups in total. The Kier molecular flexibility index (Phi) is 5.06. The van der Waals surface area contributed by atoms with Crippen LogP contribution in [0.25, 0.3) is 5.69 Å². The highest BCUT2D eigenvalue weighted by atomic mass is 16.1. The largest absolute Gasteiger partial charge is 0.344 e. The van der Waals surface area contributed by atoms with Crippen molar-refractivity contribution in [1.82, 2.24) is 9.88 Å². The van der Waals surface area contributed by atoms with E-state index in [1.54, 1.807) is 42.6 Å². The average molecular weight is 333 g/mol. The molecule has 25 heavy (non-hydrogen) atoms. The zero-order valence-corrected chi connectivity index (χ0v) is 13.6. The van der Waals surface area contributed by atoms with Crippen LogP contribution >= 0.6 is 0 Å². The van der Waals surface area contributed by atoms with Crippen LogP contribution < -0.4 is 16.6 Å². The highest BCUT2D eigenvalue weighted by Gasteiger charge is 2.14. The predicted molar refractivity (Wildman–Crippen MR) is 97.7 cm³/mol. The quantitative estimate of drug-likeness (QED) is 0.752. The van der Waals surface area contributed by atoms with E-state index in [9.17, 15) is 9.59 Å². The maximum Gasteiger partial charge on any atom is 0.255 e. The molecule has 1 amide bonds. The molecule has 0 radical (unpaired) electrons. The second-order valence-electron chi connectivity index (χ2n) is 5.63. The van der Waals surface area contributed by atoms with Gasteiger partial charge in [-0.1, -0.05) is 36.4 Å². The second-order valence-corrected chi connectivity index (χ2v) is 5.63. The van der Waals surface area contributed by atoms with E-state index in [1.165, 1.54) is 10.6 Å². The van der Waals surface area contributed by atoms with Gasteiger partial charge in [0.25, 0.3) is 11.5 Å². The van der Waals surface area contributed by atoms with Gasteiger partial charge in [-0.25, -0.2) is 0 Å². The number of carbonyl (C=O) groups is 1. The molecule has 0 spiro atoms. The summed E-state index contributed by atoms with van der Waals surface area (Å²) in [5, 5.41) is 2.94. The molecular formula is C20H19N3O2. The van der Waals surface area contributed by atoms with E-state index in [1.807, 2.05) is 30.3 Å². The first kappa shape index (κ1) is 16.7. The average Bonchev–Trinajstić information content (AvgIpc) is 2.67. The molecule has 0 aliphatic carbocycles. The number of rotatable bonds is 5. The van der Waals surface area contributed by atoms with Crippen molar-refractivity contribution in [1.29, 1.82) is 0 Å². The van der Waals surface area contributed by atoms with Gasteiger partial charge in [0.05, 0.1) is 6.04 Å². The molecule has 3 rings (SSSR count). The lowest BCUT2D eigenvalue weighted by molar-refractivity contribution is 0.0938. The first-order valence-electron chi connectivity index (χ1n) is 8.03. The molecule has 2 aromatic carbocycles. The molecule has 1 aromatic heterocycles. The second kappa shape index (κ2) is 7.59. The van der Waals surface area contributed by atoms with Crippen LogP contribution in [-0.2, 0) is 0 Å². The monoisotopic (exact) mass is 333 g/mol. The van der Waals surface area contributed by atoms with E-state index in [0.29, 0.717) is 17.8 Å². The van der Waals surface area contributed by atoms with Crippen LogP contribution in [0.15, 0.2) is 83.8 Å². The van der Waals surface area contributed by atoms with Crippen molar-refractivity contribution in [2.75, 3.05) is 6.54 Å². The minimum Gasteiger partial charge on any atom is -0.344 e. The number of benzene rings is 2. The van der Waals surface area contributed by atoms with E-state index < -0.39 is 0 Å². The summed E-state index contributed by atoms with van der Waals surface area (Å²) in [4.78, 5) is 24.3. The van der Waals surface area contributed by atoms with Crippen molar-refractivity contribution in [2.24, 2.45) is 5.73 Å². The van der Waals surface area contributed by atoms with Crippen molar-refractivity contribution in [3.8, 4) is 5.69 Å².